The Morgan fingerprint density at radius 1 is 1.21 bits per heavy atom. The van der Waals surface area contributed by atoms with Crippen LogP contribution in [0.1, 0.15) is 28.1 Å². The molecular weight excluding hydrogens is 320 g/mol. The second kappa shape index (κ2) is 6.95. The minimum absolute atomic E-state index is 0.178. The summed E-state index contributed by atoms with van der Waals surface area (Å²) in [6, 6.07) is 12.3. The lowest BCUT2D eigenvalue weighted by atomic mass is 10.1. The zero-order valence-corrected chi connectivity index (χ0v) is 14.5. The van der Waals surface area contributed by atoms with Crippen molar-refractivity contribution in [2.45, 2.75) is 25.5 Å². The van der Waals surface area contributed by atoms with Gasteiger partial charge >= 0.3 is 0 Å². The van der Waals surface area contributed by atoms with E-state index in [-0.39, 0.29) is 5.91 Å². The van der Waals surface area contributed by atoms with Gasteiger partial charge in [-0.25, -0.2) is 0 Å². The molecule has 2 aromatic rings. The maximum absolute atomic E-state index is 12.8. The molecule has 2 fully saturated rings. The molecule has 0 saturated carbocycles. The molecule has 0 N–H and O–H groups in total. The third-order valence-corrected chi connectivity index (χ3v) is 5.85. The number of para-hydroxylation sites is 1. The minimum atomic E-state index is 0.178. The first-order valence-corrected chi connectivity index (χ1v) is 9.46. The fourth-order valence-corrected chi connectivity index (χ4v) is 4.44. The Hall–Kier alpha value is -1.85. The van der Waals surface area contributed by atoms with Crippen molar-refractivity contribution >= 4 is 17.2 Å². The van der Waals surface area contributed by atoms with Crippen molar-refractivity contribution < 1.29 is 9.53 Å². The van der Waals surface area contributed by atoms with Crippen molar-refractivity contribution in [2.24, 2.45) is 0 Å². The van der Waals surface area contributed by atoms with Crippen LogP contribution in [0.3, 0.4) is 0 Å². The molecule has 0 radical (unpaired) electrons. The second-order valence-electron chi connectivity index (χ2n) is 6.50. The molecule has 5 heteroatoms. The smallest absolute Gasteiger partial charge is 0.264 e. The normalized spacial score (nSPS) is 20.8. The number of carbonyl (C=O) groups is 1. The van der Waals surface area contributed by atoms with Gasteiger partial charge < -0.3 is 9.64 Å². The first-order valence-electron chi connectivity index (χ1n) is 8.58. The van der Waals surface area contributed by atoms with Crippen LogP contribution in [0.25, 0.3) is 0 Å². The van der Waals surface area contributed by atoms with Gasteiger partial charge in [0.05, 0.1) is 4.88 Å². The van der Waals surface area contributed by atoms with Crippen LogP contribution >= 0.6 is 11.3 Å². The zero-order chi connectivity index (χ0) is 16.4. The van der Waals surface area contributed by atoms with E-state index >= 15 is 0 Å². The van der Waals surface area contributed by atoms with Gasteiger partial charge in [0.25, 0.3) is 5.91 Å². The molecule has 2 aliphatic rings. The molecule has 1 atom stereocenters. The number of hydrogen-bond donors (Lipinski definition) is 0. The fraction of sp³-hybridized carbons (Fsp3) is 0.421. The van der Waals surface area contributed by atoms with Crippen LogP contribution in [0.5, 0.6) is 5.75 Å². The van der Waals surface area contributed by atoms with Gasteiger partial charge in [0, 0.05) is 31.2 Å². The molecule has 1 aromatic carbocycles. The summed E-state index contributed by atoms with van der Waals surface area (Å²) in [5, 5.41) is 2.03. The number of amides is 1. The number of ether oxygens (including phenoxy) is 1. The van der Waals surface area contributed by atoms with Crippen molar-refractivity contribution in [3.05, 3.63) is 52.2 Å². The Kier molecular flexibility index (Phi) is 4.54. The van der Waals surface area contributed by atoms with E-state index in [2.05, 4.69) is 4.90 Å². The highest BCUT2D eigenvalue weighted by atomic mass is 32.1. The summed E-state index contributed by atoms with van der Waals surface area (Å²) in [6.45, 7) is 4.46. The van der Waals surface area contributed by atoms with Crippen LogP contribution in [0.15, 0.2) is 41.8 Å². The van der Waals surface area contributed by atoms with E-state index in [9.17, 15) is 4.79 Å². The van der Waals surface area contributed by atoms with E-state index in [0.717, 1.165) is 35.8 Å². The molecule has 0 spiro atoms. The lowest BCUT2D eigenvalue weighted by molar-refractivity contribution is 0.0576. The number of thiophene rings is 1. The maximum Gasteiger partial charge on any atom is 0.264 e. The van der Waals surface area contributed by atoms with E-state index in [0.29, 0.717) is 12.6 Å². The van der Waals surface area contributed by atoms with Crippen molar-refractivity contribution in [3.63, 3.8) is 0 Å². The third kappa shape index (κ3) is 3.32. The summed E-state index contributed by atoms with van der Waals surface area (Å²) in [5.41, 5.74) is 1.06. The van der Waals surface area contributed by atoms with Crippen LogP contribution in [-0.2, 0) is 6.61 Å². The first-order chi connectivity index (χ1) is 11.8. The highest BCUT2D eigenvalue weighted by Crippen LogP contribution is 2.24. The van der Waals surface area contributed by atoms with Gasteiger partial charge in [0.2, 0.25) is 0 Å². The van der Waals surface area contributed by atoms with Gasteiger partial charge in [-0.05, 0) is 43.0 Å². The van der Waals surface area contributed by atoms with Gasteiger partial charge in [-0.1, -0.05) is 18.2 Å². The summed E-state index contributed by atoms with van der Waals surface area (Å²) >= 11 is 1.53. The van der Waals surface area contributed by atoms with Crippen LogP contribution in [-0.4, -0.2) is 47.9 Å². The van der Waals surface area contributed by atoms with Crippen LogP contribution in [0.2, 0.25) is 0 Å². The standard InChI is InChI=1S/C19H22N2O2S/c22-19(21-10-9-20-8-4-5-16(20)12-21)18-11-15(14-24-18)13-23-17-6-2-1-3-7-17/h1-3,6-7,11,14,16H,4-5,8-10,12-13H2. The molecule has 4 nitrogen and oxygen atoms in total. The van der Waals surface area contributed by atoms with Gasteiger partial charge in [0.15, 0.2) is 0 Å². The van der Waals surface area contributed by atoms with Gasteiger partial charge in [0.1, 0.15) is 12.4 Å². The average molecular weight is 342 g/mol. The number of hydrogen-bond acceptors (Lipinski definition) is 4. The van der Waals surface area contributed by atoms with Gasteiger partial charge in [-0.2, -0.15) is 0 Å². The molecule has 24 heavy (non-hydrogen) atoms. The summed E-state index contributed by atoms with van der Waals surface area (Å²) in [7, 11) is 0. The summed E-state index contributed by atoms with van der Waals surface area (Å²) < 4.78 is 5.76. The molecule has 1 aromatic heterocycles. The monoisotopic (exact) mass is 342 g/mol. The quantitative estimate of drug-likeness (QED) is 0.855. The first kappa shape index (κ1) is 15.7. The molecule has 2 aliphatic heterocycles. The van der Waals surface area contributed by atoms with E-state index in [1.807, 2.05) is 46.7 Å². The third-order valence-electron chi connectivity index (χ3n) is 4.89. The fourth-order valence-electron chi connectivity index (χ4n) is 3.58. The largest absolute Gasteiger partial charge is 0.489 e. The van der Waals surface area contributed by atoms with Crippen molar-refractivity contribution in [2.75, 3.05) is 26.2 Å². The Labute approximate surface area is 146 Å². The number of rotatable bonds is 4. The number of benzene rings is 1. The van der Waals surface area contributed by atoms with Crippen molar-refractivity contribution in [1.29, 1.82) is 0 Å². The minimum Gasteiger partial charge on any atom is -0.489 e. The van der Waals surface area contributed by atoms with Gasteiger partial charge in [-0.3, -0.25) is 9.69 Å². The molecule has 2 saturated heterocycles. The van der Waals surface area contributed by atoms with Crippen LogP contribution in [0.4, 0.5) is 0 Å². The Morgan fingerprint density at radius 3 is 2.96 bits per heavy atom. The summed E-state index contributed by atoms with van der Waals surface area (Å²) in [4.78, 5) is 18.1. The van der Waals surface area contributed by atoms with Gasteiger partial charge in [-0.15, -0.1) is 11.3 Å². The molecule has 4 rings (SSSR count). The van der Waals surface area contributed by atoms with Crippen molar-refractivity contribution in [3.8, 4) is 5.75 Å². The van der Waals surface area contributed by atoms with E-state index in [4.69, 9.17) is 4.74 Å². The SMILES string of the molecule is O=C(c1cc(COc2ccccc2)cs1)N1CCN2CCCC2C1. The number of piperazine rings is 1. The Balaban J connectivity index is 1.36. The number of nitrogens with zero attached hydrogens (tertiary/aromatic N) is 2. The molecule has 3 heterocycles. The molecule has 1 unspecified atom stereocenters. The molecular formula is C19H22N2O2S. The van der Waals surface area contributed by atoms with Crippen LogP contribution in [0, 0.1) is 0 Å². The van der Waals surface area contributed by atoms with Crippen LogP contribution < -0.4 is 4.74 Å². The Bertz CT molecular complexity index is 700. The van der Waals surface area contributed by atoms with E-state index in [1.165, 1.54) is 30.7 Å². The zero-order valence-electron chi connectivity index (χ0n) is 13.7. The summed E-state index contributed by atoms with van der Waals surface area (Å²) in [5.74, 6) is 1.03. The molecule has 0 bridgehead atoms. The van der Waals surface area contributed by atoms with E-state index < -0.39 is 0 Å². The molecule has 0 aliphatic carbocycles. The predicted octanol–water partition coefficient (Wildman–Crippen LogP) is 3.25. The predicted molar refractivity (Wildman–Crippen MR) is 95.6 cm³/mol. The lowest BCUT2D eigenvalue weighted by Crippen LogP contribution is -2.51. The molecule has 1 amide bonds. The summed E-state index contributed by atoms with van der Waals surface area (Å²) in [6.07, 6.45) is 2.50. The Morgan fingerprint density at radius 2 is 2.08 bits per heavy atom. The topological polar surface area (TPSA) is 32.8 Å². The second-order valence-corrected chi connectivity index (χ2v) is 7.42. The molecule has 126 valence electrons. The highest BCUT2D eigenvalue weighted by molar-refractivity contribution is 7.12. The van der Waals surface area contributed by atoms with E-state index in [1.54, 1.807) is 0 Å². The number of fused-ring (bicyclic) bond motifs is 1. The number of carbonyl (C=O) groups excluding carboxylic acids is 1. The lowest BCUT2D eigenvalue weighted by Gasteiger charge is -2.37. The maximum atomic E-state index is 12.8. The van der Waals surface area contributed by atoms with Crippen molar-refractivity contribution in [1.82, 2.24) is 9.80 Å². The highest BCUT2D eigenvalue weighted by Gasteiger charge is 2.33. The average Bonchev–Trinajstić information content (AvgIpc) is 3.29.